The molecule has 120 valence electrons. The highest BCUT2D eigenvalue weighted by molar-refractivity contribution is 5.81. The number of hydrogen-bond donors (Lipinski definition) is 1. The van der Waals surface area contributed by atoms with E-state index in [0.717, 1.165) is 17.7 Å². The predicted octanol–water partition coefficient (Wildman–Crippen LogP) is 4.10. The molecule has 0 radical (unpaired) electrons. The van der Waals surface area contributed by atoms with Crippen LogP contribution in [0.15, 0.2) is 48.5 Å². The van der Waals surface area contributed by atoms with Crippen molar-refractivity contribution in [3.05, 3.63) is 54.1 Å². The van der Waals surface area contributed by atoms with Crippen LogP contribution in [-0.4, -0.2) is 21.3 Å². The number of rotatable bonds is 4. The lowest BCUT2D eigenvalue weighted by Gasteiger charge is -2.09. The summed E-state index contributed by atoms with van der Waals surface area (Å²) in [6.45, 7) is 0.497. The molecule has 1 aromatic heterocycles. The van der Waals surface area contributed by atoms with E-state index >= 15 is 0 Å². The molecule has 2 aromatic carbocycles. The summed E-state index contributed by atoms with van der Waals surface area (Å²) in [6.07, 6.45) is -3.89. The van der Waals surface area contributed by atoms with Crippen LogP contribution in [0.2, 0.25) is 0 Å². The van der Waals surface area contributed by atoms with Crippen LogP contribution in [0.25, 0.3) is 22.4 Å². The Hall–Kier alpha value is -2.34. The average Bonchev–Trinajstić information content (AvgIpc) is 2.90. The lowest BCUT2D eigenvalue weighted by atomic mass is 10.2. The molecule has 0 aliphatic carbocycles. The SMILES string of the molecule is OCCCn1c(-c2ccccc2)nc2cc(C(F)(F)F)ccc21. The first-order chi connectivity index (χ1) is 11.0. The molecule has 0 unspecified atom stereocenters. The van der Waals surface area contributed by atoms with Crippen molar-refractivity contribution in [1.29, 1.82) is 0 Å². The fourth-order valence-corrected chi connectivity index (χ4v) is 2.57. The second-order valence-electron chi connectivity index (χ2n) is 5.23. The molecular formula is C17H15F3N2O. The zero-order valence-corrected chi connectivity index (χ0v) is 12.2. The van der Waals surface area contributed by atoms with Crippen LogP contribution in [-0.2, 0) is 12.7 Å². The van der Waals surface area contributed by atoms with Crippen molar-refractivity contribution in [3.8, 4) is 11.4 Å². The van der Waals surface area contributed by atoms with Crippen LogP contribution < -0.4 is 0 Å². The van der Waals surface area contributed by atoms with Crippen molar-refractivity contribution >= 4 is 11.0 Å². The second kappa shape index (κ2) is 6.04. The molecule has 0 spiro atoms. The third-order valence-corrected chi connectivity index (χ3v) is 3.65. The Morgan fingerprint density at radius 2 is 1.78 bits per heavy atom. The molecular weight excluding hydrogens is 305 g/mol. The molecule has 6 heteroatoms. The Morgan fingerprint density at radius 3 is 2.43 bits per heavy atom. The van der Waals surface area contributed by atoms with Crippen molar-refractivity contribution in [2.75, 3.05) is 6.61 Å². The normalized spacial score (nSPS) is 12.0. The summed E-state index contributed by atoms with van der Waals surface area (Å²) in [7, 11) is 0. The maximum atomic E-state index is 12.9. The molecule has 0 aliphatic heterocycles. The van der Waals surface area contributed by atoms with E-state index in [0.29, 0.717) is 29.8 Å². The number of aliphatic hydroxyl groups excluding tert-OH is 1. The first kappa shape index (κ1) is 15.6. The van der Waals surface area contributed by atoms with E-state index in [1.807, 2.05) is 34.9 Å². The molecule has 0 fully saturated rings. The van der Waals surface area contributed by atoms with Gasteiger partial charge < -0.3 is 9.67 Å². The monoisotopic (exact) mass is 320 g/mol. The molecule has 0 saturated carbocycles. The van der Waals surface area contributed by atoms with Gasteiger partial charge in [-0.05, 0) is 24.6 Å². The van der Waals surface area contributed by atoms with E-state index in [9.17, 15) is 13.2 Å². The summed E-state index contributed by atoms with van der Waals surface area (Å²) in [4.78, 5) is 4.39. The Bertz CT molecular complexity index is 810. The molecule has 0 saturated heterocycles. The number of fused-ring (bicyclic) bond motifs is 1. The van der Waals surface area contributed by atoms with Crippen LogP contribution in [0.4, 0.5) is 13.2 Å². The van der Waals surface area contributed by atoms with Gasteiger partial charge in [0.2, 0.25) is 0 Å². The summed E-state index contributed by atoms with van der Waals surface area (Å²) >= 11 is 0. The van der Waals surface area contributed by atoms with Gasteiger partial charge in [-0.25, -0.2) is 4.98 Å². The first-order valence-corrected chi connectivity index (χ1v) is 7.24. The van der Waals surface area contributed by atoms with Crippen LogP contribution in [0.3, 0.4) is 0 Å². The molecule has 23 heavy (non-hydrogen) atoms. The van der Waals surface area contributed by atoms with Gasteiger partial charge in [0.25, 0.3) is 0 Å². The lowest BCUT2D eigenvalue weighted by Crippen LogP contribution is -2.05. The number of imidazole rings is 1. The van der Waals surface area contributed by atoms with Crippen molar-refractivity contribution in [1.82, 2.24) is 9.55 Å². The van der Waals surface area contributed by atoms with Crippen molar-refractivity contribution in [2.45, 2.75) is 19.1 Å². The van der Waals surface area contributed by atoms with E-state index in [1.165, 1.54) is 6.07 Å². The maximum Gasteiger partial charge on any atom is 0.416 e. The molecule has 0 atom stereocenters. The van der Waals surface area contributed by atoms with E-state index < -0.39 is 11.7 Å². The van der Waals surface area contributed by atoms with Crippen LogP contribution in [0.1, 0.15) is 12.0 Å². The zero-order valence-electron chi connectivity index (χ0n) is 12.2. The fourth-order valence-electron chi connectivity index (χ4n) is 2.57. The predicted molar refractivity (Wildman–Crippen MR) is 81.9 cm³/mol. The number of halogens is 3. The fraction of sp³-hybridized carbons (Fsp3) is 0.235. The minimum atomic E-state index is -4.39. The summed E-state index contributed by atoms with van der Waals surface area (Å²) in [6, 6.07) is 12.9. The van der Waals surface area contributed by atoms with E-state index in [4.69, 9.17) is 5.11 Å². The van der Waals surface area contributed by atoms with Gasteiger partial charge in [-0.2, -0.15) is 13.2 Å². The summed E-state index contributed by atoms with van der Waals surface area (Å²) in [5, 5.41) is 9.07. The van der Waals surface area contributed by atoms with Gasteiger partial charge in [-0.3, -0.25) is 0 Å². The number of nitrogens with zero attached hydrogens (tertiary/aromatic N) is 2. The lowest BCUT2D eigenvalue weighted by molar-refractivity contribution is -0.137. The van der Waals surface area contributed by atoms with Crippen LogP contribution in [0.5, 0.6) is 0 Å². The van der Waals surface area contributed by atoms with Crippen molar-refractivity contribution in [3.63, 3.8) is 0 Å². The molecule has 3 aromatic rings. The molecule has 0 aliphatic rings. The molecule has 3 rings (SSSR count). The van der Waals surface area contributed by atoms with Crippen LogP contribution in [0, 0.1) is 0 Å². The Balaban J connectivity index is 2.18. The van der Waals surface area contributed by atoms with Gasteiger partial charge in [0, 0.05) is 18.7 Å². The number of benzene rings is 2. The number of aromatic nitrogens is 2. The third kappa shape index (κ3) is 3.07. The number of hydrogen-bond acceptors (Lipinski definition) is 2. The van der Waals surface area contributed by atoms with E-state index in [-0.39, 0.29) is 6.61 Å². The van der Waals surface area contributed by atoms with Gasteiger partial charge in [0.1, 0.15) is 5.82 Å². The molecule has 0 bridgehead atoms. The molecule has 0 amide bonds. The highest BCUT2D eigenvalue weighted by Gasteiger charge is 2.31. The quantitative estimate of drug-likeness (QED) is 0.786. The van der Waals surface area contributed by atoms with Crippen LogP contribution >= 0.6 is 0 Å². The highest BCUT2D eigenvalue weighted by Crippen LogP contribution is 2.33. The first-order valence-electron chi connectivity index (χ1n) is 7.24. The minimum absolute atomic E-state index is 0.00847. The largest absolute Gasteiger partial charge is 0.416 e. The highest BCUT2D eigenvalue weighted by atomic mass is 19.4. The third-order valence-electron chi connectivity index (χ3n) is 3.65. The van der Waals surface area contributed by atoms with Gasteiger partial charge in [-0.1, -0.05) is 30.3 Å². The summed E-state index contributed by atoms with van der Waals surface area (Å²) in [5.74, 6) is 0.605. The number of alkyl halides is 3. The molecule has 3 nitrogen and oxygen atoms in total. The topological polar surface area (TPSA) is 38.0 Å². The average molecular weight is 320 g/mol. The standard InChI is InChI=1S/C17H15F3N2O/c18-17(19,20)13-7-8-15-14(11-13)21-16(22(15)9-4-10-23)12-5-2-1-3-6-12/h1-3,5-8,11,23H,4,9-10H2. The molecule has 1 N–H and O–H groups in total. The Kier molecular flexibility index (Phi) is 4.09. The van der Waals surface area contributed by atoms with Crippen molar-refractivity contribution in [2.24, 2.45) is 0 Å². The Morgan fingerprint density at radius 1 is 1.04 bits per heavy atom. The van der Waals surface area contributed by atoms with Gasteiger partial charge >= 0.3 is 6.18 Å². The van der Waals surface area contributed by atoms with Crippen molar-refractivity contribution < 1.29 is 18.3 Å². The summed E-state index contributed by atoms with van der Waals surface area (Å²) in [5.41, 5.74) is 1.05. The van der Waals surface area contributed by atoms with Gasteiger partial charge in [0.15, 0.2) is 0 Å². The number of aryl methyl sites for hydroxylation is 1. The molecule has 1 heterocycles. The number of aliphatic hydroxyl groups is 1. The smallest absolute Gasteiger partial charge is 0.396 e. The maximum absolute atomic E-state index is 12.9. The Labute approximate surface area is 131 Å². The van der Waals surface area contributed by atoms with E-state index in [2.05, 4.69) is 4.98 Å². The van der Waals surface area contributed by atoms with Gasteiger partial charge in [0.05, 0.1) is 16.6 Å². The van der Waals surface area contributed by atoms with Gasteiger partial charge in [-0.15, -0.1) is 0 Å². The zero-order chi connectivity index (χ0) is 16.4. The second-order valence-corrected chi connectivity index (χ2v) is 5.23. The summed E-state index contributed by atoms with van der Waals surface area (Å²) < 4.78 is 40.5. The minimum Gasteiger partial charge on any atom is -0.396 e. The van der Waals surface area contributed by atoms with E-state index in [1.54, 1.807) is 0 Å².